The molecule has 1 amide bonds. The first-order chi connectivity index (χ1) is 14.5. The van der Waals surface area contributed by atoms with Gasteiger partial charge in [0.25, 0.3) is 11.5 Å². The Labute approximate surface area is 170 Å². The summed E-state index contributed by atoms with van der Waals surface area (Å²) in [5.74, 6) is -0.302. The number of aromatic nitrogens is 3. The van der Waals surface area contributed by atoms with Gasteiger partial charge in [0.2, 0.25) is 5.60 Å². The van der Waals surface area contributed by atoms with E-state index in [0.717, 1.165) is 10.9 Å². The van der Waals surface area contributed by atoms with Crippen molar-refractivity contribution in [2.45, 2.75) is 12.0 Å². The van der Waals surface area contributed by atoms with E-state index in [0.29, 0.717) is 29.0 Å². The Hall–Kier alpha value is -3.78. The molecule has 0 bridgehead atoms. The van der Waals surface area contributed by atoms with Crippen LogP contribution in [0, 0.1) is 0 Å². The van der Waals surface area contributed by atoms with Gasteiger partial charge in [0.05, 0.1) is 11.4 Å². The smallest absolute Gasteiger partial charge is 0.262 e. The molecule has 1 atom stereocenters. The van der Waals surface area contributed by atoms with Crippen molar-refractivity contribution in [3.8, 4) is 22.6 Å². The number of hydrogen-bond acceptors (Lipinski definition) is 6. The Kier molecular flexibility index (Phi) is 4.04. The number of aliphatic hydroxyl groups is 1. The molecule has 1 saturated heterocycles. The standard InChI is InChI=1S/C22H18N4O4/c1-26-11-9-22(29,21(26)28)19-12-18(25-30-19)17-7-3-6-16(24-17)14-4-2-5-15-13(14)8-10-23-20(15)27/h2-8,10,12,29H,9,11H2,1H3,(H,23,27)/t22-/m1/s1. The van der Waals surface area contributed by atoms with Crippen molar-refractivity contribution in [1.29, 1.82) is 0 Å². The van der Waals surface area contributed by atoms with Crippen LogP contribution < -0.4 is 5.56 Å². The van der Waals surface area contributed by atoms with E-state index >= 15 is 0 Å². The molecule has 4 aromatic rings. The molecule has 1 aliphatic rings. The summed E-state index contributed by atoms with van der Waals surface area (Å²) < 4.78 is 5.32. The first-order valence-corrected chi connectivity index (χ1v) is 9.51. The van der Waals surface area contributed by atoms with E-state index in [1.165, 1.54) is 4.90 Å². The van der Waals surface area contributed by atoms with E-state index in [1.807, 2.05) is 30.3 Å². The summed E-state index contributed by atoms with van der Waals surface area (Å²) in [5.41, 5.74) is 0.575. The number of carbonyl (C=O) groups excluding carboxylic acids is 1. The van der Waals surface area contributed by atoms with Crippen molar-refractivity contribution >= 4 is 16.7 Å². The summed E-state index contributed by atoms with van der Waals surface area (Å²) >= 11 is 0. The summed E-state index contributed by atoms with van der Waals surface area (Å²) in [5, 5.41) is 16.2. The third-order valence-electron chi connectivity index (χ3n) is 5.53. The molecule has 1 aromatic carbocycles. The van der Waals surface area contributed by atoms with E-state index in [1.54, 1.807) is 31.4 Å². The van der Waals surface area contributed by atoms with Crippen LogP contribution in [-0.2, 0) is 10.4 Å². The van der Waals surface area contributed by atoms with Gasteiger partial charge in [0.1, 0.15) is 5.69 Å². The number of nitrogens with one attached hydrogen (secondary N) is 1. The summed E-state index contributed by atoms with van der Waals surface area (Å²) in [6.45, 7) is 0.444. The average Bonchev–Trinajstić information content (AvgIpc) is 3.36. The molecule has 2 N–H and O–H groups in total. The SMILES string of the molecule is CN1CC[C@@](O)(c2cc(-c3cccc(-c4cccc5c(=O)[nH]ccc45)n3)no2)C1=O. The minimum Gasteiger partial charge on any atom is -0.373 e. The number of rotatable bonds is 3. The van der Waals surface area contributed by atoms with Gasteiger partial charge in [0, 0.05) is 43.2 Å². The summed E-state index contributed by atoms with van der Waals surface area (Å²) in [6, 6.07) is 14.3. The van der Waals surface area contributed by atoms with Crippen molar-refractivity contribution in [2.75, 3.05) is 13.6 Å². The van der Waals surface area contributed by atoms with Crippen LogP contribution in [-0.4, -0.2) is 44.6 Å². The van der Waals surface area contributed by atoms with Crippen molar-refractivity contribution in [1.82, 2.24) is 20.0 Å². The fourth-order valence-corrected chi connectivity index (χ4v) is 3.85. The topological polar surface area (TPSA) is 112 Å². The molecule has 0 aliphatic carbocycles. The minimum atomic E-state index is -1.70. The second kappa shape index (κ2) is 6.64. The third kappa shape index (κ3) is 2.73. The number of H-pyrrole nitrogens is 1. The highest BCUT2D eigenvalue weighted by atomic mass is 16.5. The first-order valence-electron chi connectivity index (χ1n) is 9.51. The number of hydrogen-bond donors (Lipinski definition) is 2. The number of carbonyl (C=O) groups is 1. The predicted octanol–water partition coefficient (Wildman–Crippen LogP) is 2.29. The third-order valence-corrected chi connectivity index (χ3v) is 5.53. The molecular formula is C22H18N4O4. The molecule has 0 radical (unpaired) electrons. The lowest BCUT2D eigenvalue weighted by Crippen LogP contribution is -2.35. The minimum absolute atomic E-state index is 0.107. The molecule has 30 heavy (non-hydrogen) atoms. The lowest BCUT2D eigenvalue weighted by atomic mass is 9.98. The number of nitrogens with zero attached hydrogens (tertiary/aromatic N) is 3. The van der Waals surface area contributed by atoms with Gasteiger partial charge in [-0.2, -0.15) is 0 Å². The van der Waals surface area contributed by atoms with Gasteiger partial charge >= 0.3 is 0 Å². The Bertz CT molecular complexity index is 1340. The van der Waals surface area contributed by atoms with E-state index in [4.69, 9.17) is 4.52 Å². The first kappa shape index (κ1) is 18.3. The van der Waals surface area contributed by atoms with Crippen LogP contribution >= 0.6 is 0 Å². The zero-order valence-electron chi connectivity index (χ0n) is 16.1. The lowest BCUT2D eigenvalue weighted by Gasteiger charge is -2.16. The van der Waals surface area contributed by atoms with Crippen molar-refractivity contribution < 1.29 is 14.4 Å². The van der Waals surface area contributed by atoms with Gasteiger partial charge in [-0.1, -0.05) is 23.4 Å². The van der Waals surface area contributed by atoms with Gasteiger partial charge in [0.15, 0.2) is 5.76 Å². The molecular weight excluding hydrogens is 384 g/mol. The maximum Gasteiger partial charge on any atom is 0.262 e. The largest absolute Gasteiger partial charge is 0.373 e. The molecule has 150 valence electrons. The van der Waals surface area contributed by atoms with E-state index in [2.05, 4.69) is 15.1 Å². The molecule has 5 rings (SSSR count). The molecule has 1 fully saturated rings. The van der Waals surface area contributed by atoms with Crippen LogP contribution in [0.25, 0.3) is 33.4 Å². The van der Waals surface area contributed by atoms with Crippen LogP contribution in [0.5, 0.6) is 0 Å². The van der Waals surface area contributed by atoms with Crippen LogP contribution in [0.1, 0.15) is 12.2 Å². The molecule has 8 heteroatoms. The Balaban J connectivity index is 1.56. The lowest BCUT2D eigenvalue weighted by molar-refractivity contribution is -0.144. The molecule has 0 unspecified atom stereocenters. The van der Waals surface area contributed by atoms with Crippen LogP contribution in [0.4, 0.5) is 0 Å². The highest BCUT2D eigenvalue weighted by Crippen LogP contribution is 2.35. The quantitative estimate of drug-likeness (QED) is 0.544. The number of fused-ring (bicyclic) bond motifs is 1. The fourth-order valence-electron chi connectivity index (χ4n) is 3.85. The predicted molar refractivity (Wildman–Crippen MR) is 109 cm³/mol. The van der Waals surface area contributed by atoms with Gasteiger partial charge in [-0.15, -0.1) is 0 Å². The van der Waals surface area contributed by atoms with Gasteiger partial charge in [-0.25, -0.2) is 4.98 Å². The van der Waals surface area contributed by atoms with Crippen LogP contribution in [0.15, 0.2) is 64.0 Å². The fraction of sp³-hybridized carbons (Fsp3) is 0.182. The highest BCUT2D eigenvalue weighted by molar-refractivity contribution is 5.95. The number of benzene rings is 1. The zero-order valence-corrected chi connectivity index (χ0v) is 16.1. The van der Waals surface area contributed by atoms with E-state index < -0.39 is 11.5 Å². The number of pyridine rings is 2. The second-order valence-corrected chi connectivity index (χ2v) is 7.40. The van der Waals surface area contributed by atoms with Crippen molar-refractivity contribution in [3.05, 3.63) is 70.8 Å². The van der Waals surface area contributed by atoms with E-state index in [-0.39, 0.29) is 17.7 Å². The number of likely N-dealkylation sites (tertiary alicyclic amines) is 1. The summed E-state index contributed by atoms with van der Waals surface area (Å²) in [6.07, 6.45) is 1.85. The van der Waals surface area contributed by atoms with E-state index in [9.17, 15) is 14.7 Å². The Morgan fingerprint density at radius 3 is 2.67 bits per heavy atom. The molecule has 3 aromatic heterocycles. The van der Waals surface area contributed by atoms with Crippen molar-refractivity contribution in [2.24, 2.45) is 0 Å². The number of amides is 1. The highest BCUT2D eigenvalue weighted by Gasteiger charge is 2.48. The van der Waals surface area contributed by atoms with Crippen LogP contribution in [0.2, 0.25) is 0 Å². The van der Waals surface area contributed by atoms with Gasteiger partial charge < -0.3 is 19.5 Å². The normalized spacial score (nSPS) is 19.0. The van der Waals surface area contributed by atoms with Gasteiger partial charge in [-0.05, 0) is 29.7 Å². The summed E-state index contributed by atoms with van der Waals surface area (Å²) in [4.78, 5) is 33.2. The Morgan fingerprint density at radius 2 is 1.87 bits per heavy atom. The zero-order chi connectivity index (χ0) is 20.9. The maximum absolute atomic E-state index is 12.3. The Morgan fingerprint density at radius 1 is 1.07 bits per heavy atom. The van der Waals surface area contributed by atoms with Gasteiger partial charge in [-0.3, -0.25) is 9.59 Å². The monoisotopic (exact) mass is 402 g/mol. The molecule has 8 nitrogen and oxygen atoms in total. The number of aromatic amines is 1. The summed E-state index contributed by atoms with van der Waals surface area (Å²) in [7, 11) is 1.64. The number of likely N-dealkylation sites (N-methyl/N-ethyl adjacent to an activating group) is 1. The maximum atomic E-state index is 12.3. The molecule has 1 aliphatic heterocycles. The van der Waals surface area contributed by atoms with Crippen LogP contribution in [0.3, 0.4) is 0 Å². The molecule has 0 saturated carbocycles. The second-order valence-electron chi connectivity index (χ2n) is 7.40. The average molecular weight is 402 g/mol. The molecule has 4 heterocycles. The van der Waals surface area contributed by atoms with Crippen molar-refractivity contribution in [3.63, 3.8) is 0 Å². The molecule has 0 spiro atoms.